The van der Waals surface area contributed by atoms with Gasteiger partial charge in [0.05, 0.1) is 17.5 Å². The van der Waals surface area contributed by atoms with Gasteiger partial charge in [-0.1, -0.05) is 23.9 Å². The van der Waals surface area contributed by atoms with Crippen LogP contribution in [0.4, 0.5) is 13.2 Å². The summed E-state index contributed by atoms with van der Waals surface area (Å²) in [5.74, 6) is 2.27. The van der Waals surface area contributed by atoms with E-state index >= 15 is 0 Å². The molecular weight excluding hydrogens is 473 g/mol. The van der Waals surface area contributed by atoms with Crippen LogP contribution < -0.4 is 0 Å². The lowest BCUT2D eigenvalue weighted by Gasteiger charge is -2.16. The minimum absolute atomic E-state index is 0.364. The zero-order valence-corrected chi connectivity index (χ0v) is 20.7. The van der Waals surface area contributed by atoms with Crippen LogP contribution in [0.1, 0.15) is 36.1 Å². The van der Waals surface area contributed by atoms with Crippen molar-refractivity contribution in [2.24, 2.45) is 18.4 Å². The zero-order valence-electron chi connectivity index (χ0n) is 19.9. The fourth-order valence-electron chi connectivity index (χ4n) is 5.20. The molecule has 1 aromatic carbocycles. The molecule has 2 atom stereocenters. The molecule has 3 aromatic rings. The van der Waals surface area contributed by atoms with E-state index in [9.17, 15) is 13.2 Å². The Balaban J connectivity index is 1.06. The molecule has 35 heavy (non-hydrogen) atoms. The summed E-state index contributed by atoms with van der Waals surface area (Å²) < 4.78 is 40.3. The van der Waals surface area contributed by atoms with E-state index < -0.39 is 11.7 Å². The molecule has 1 spiro atoms. The molecule has 2 aromatic heterocycles. The van der Waals surface area contributed by atoms with E-state index in [0.717, 1.165) is 66.2 Å². The van der Waals surface area contributed by atoms with Crippen molar-refractivity contribution in [3.63, 3.8) is 0 Å². The maximum Gasteiger partial charge on any atom is 0.416 e. The van der Waals surface area contributed by atoms with Crippen molar-refractivity contribution in [1.29, 1.82) is 0 Å². The highest BCUT2D eigenvalue weighted by Crippen LogP contribution is 2.59. The van der Waals surface area contributed by atoms with Gasteiger partial charge in [-0.3, -0.25) is 4.98 Å². The number of nitrogens with zero attached hydrogens (tertiary/aromatic N) is 6. The minimum Gasteiger partial charge on any atom is -0.304 e. The van der Waals surface area contributed by atoms with Gasteiger partial charge in [0.15, 0.2) is 11.0 Å². The van der Waals surface area contributed by atoms with Crippen molar-refractivity contribution in [1.82, 2.24) is 29.6 Å². The van der Waals surface area contributed by atoms with E-state index in [-0.39, 0.29) is 0 Å². The molecule has 0 N–H and O–H groups in total. The first kappa shape index (κ1) is 24.2. The van der Waals surface area contributed by atoms with E-state index in [1.54, 1.807) is 36.3 Å². The van der Waals surface area contributed by atoms with Gasteiger partial charge in [-0.05, 0) is 74.7 Å². The number of hydrogen-bond acceptors (Lipinski definition) is 6. The molecule has 1 saturated heterocycles. The second-order valence-electron chi connectivity index (χ2n) is 9.80. The summed E-state index contributed by atoms with van der Waals surface area (Å²) in [5, 5.41) is 9.49. The summed E-state index contributed by atoms with van der Waals surface area (Å²) in [6.07, 6.45) is 3.47. The number of likely N-dealkylation sites (tertiary alicyclic amines) is 1. The Morgan fingerprint density at radius 2 is 1.94 bits per heavy atom. The molecule has 10 heteroatoms. The van der Waals surface area contributed by atoms with Crippen molar-refractivity contribution in [3.05, 3.63) is 53.5 Å². The topological polar surface area (TPSA) is 59.7 Å². The molecule has 0 amide bonds. The lowest BCUT2D eigenvalue weighted by Crippen LogP contribution is -2.23. The first-order valence-corrected chi connectivity index (χ1v) is 12.9. The molecule has 1 saturated carbocycles. The van der Waals surface area contributed by atoms with Crippen molar-refractivity contribution in [3.8, 4) is 11.5 Å². The average Bonchev–Trinajstić information content (AvgIpc) is 3.11. The number of rotatable bonds is 8. The quantitative estimate of drug-likeness (QED) is 0.318. The third-order valence-electron chi connectivity index (χ3n) is 7.26. The molecule has 0 bridgehead atoms. The zero-order chi connectivity index (χ0) is 24.6. The van der Waals surface area contributed by atoms with Gasteiger partial charge in [0.25, 0.3) is 0 Å². The smallest absolute Gasteiger partial charge is 0.304 e. The summed E-state index contributed by atoms with van der Waals surface area (Å²) in [7, 11) is 1.95. The Labute approximate surface area is 207 Å². The summed E-state index contributed by atoms with van der Waals surface area (Å²) in [6.45, 7) is 5.16. The fraction of sp³-hybridized carbons (Fsp3) is 0.520. The number of halogens is 3. The maximum absolute atomic E-state index is 12.8. The van der Waals surface area contributed by atoms with Gasteiger partial charge in [0.1, 0.15) is 5.69 Å². The number of aromatic nitrogens is 5. The first-order valence-electron chi connectivity index (χ1n) is 11.9. The first-order chi connectivity index (χ1) is 16.7. The van der Waals surface area contributed by atoms with Crippen molar-refractivity contribution < 1.29 is 13.2 Å². The lowest BCUT2D eigenvalue weighted by molar-refractivity contribution is -0.137. The lowest BCUT2D eigenvalue weighted by atomic mass is 9.98. The summed E-state index contributed by atoms with van der Waals surface area (Å²) in [4.78, 5) is 11.2. The van der Waals surface area contributed by atoms with Crippen molar-refractivity contribution in [2.75, 3.05) is 25.4 Å². The summed E-state index contributed by atoms with van der Waals surface area (Å²) in [5.41, 5.74) is 2.38. The van der Waals surface area contributed by atoms with Crippen LogP contribution in [0.3, 0.4) is 0 Å². The summed E-state index contributed by atoms with van der Waals surface area (Å²) in [6, 6.07) is 5.69. The molecule has 2 aliphatic rings. The predicted molar refractivity (Wildman–Crippen MR) is 129 cm³/mol. The minimum atomic E-state index is -4.27. The van der Waals surface area contributed by atoms with Crippen molar-refractivity contribution >= 4 is 11.8 Å². The van der Waals surface area contributed by atoms with Gasteiger partial charge < -0.3 is 9.47 Å². The molecule has 0 radical (unpaired) electrons. The van der Waals surface area contributed by atoms with E-state index in [0.29, 0.717) is 11.3 Å². The molecule has 186 valence electrons. The van der Waals surface area contributed by atoms with Crippen molar-refractivity contribution in [2.45, 2.75) is 43.9 Å². The molecule has 1 aliphatic heterocycles. The van der Waals surface area contributed by atoms with Gasteiger partial charge in [-0.2, -0.15) is 13.2 Å². The van der Waals surface area contributed by atoms with Gasteiger partial charge in [-0.15, -0.1) is 10.2 Å². The van der Waals surface area contributed by atoms with Crippen LogP contribution in [0.5, 0.6) is 0 Å². The number of hydrogen-bond donors (Lipinski definition) is 0. The largest absolute Gasteiger partial charge is 0.416 e. The second-order valence-corrected chi connectivity index (χ2v) is 10.9. The average molecular weight is 503 g/mol. The molecule has 5 rings (SSSR count). The highest BCUT2D eigenvalue weighted by molar-refractivity contribution is 7.99. The standard InChI is InChI=1S/C25H29F3N6S/c1-17-14-29-15-21(30-17)22-31-32-23(33(22)2)35-11-3-9-34-10-8-24(16-34)13-20(24)12-18-4-6-19(7-5-18)25(26,27)28/h4-7,14-15,20H,3,8-13,16H2,1-2H3. The second kappa shape index (κ2) is 9.54. The van der Waals surface area contributed by atoms with E-state index in [2.05, 4.69) is 25.1 Å². The van der Waals surface area contributed by atoms with Gasteiger partial charge in [0.2, 0.25) is 0 Å². The van der Waals surface area contributed by atoms with Crippen LogP contribution in [-0.2, 0) is 19.6 Å². The number of alkyl halides is 3. The van der Waals surface area contributed by atoms with Gasteiger partial charge in [-0.25, -0.2) is 4.98 Å². The SMILES string of the molecule is Cc1cncc(-c2nnc(SCCCN3CCC4(CC4Cc4ccc(C(F)(F)F)cc4)C3)n2C)n1. The predicted octanol–water partition coefficient (Wildman–Crippen LogP) is 5.04. The van der Waals surface area contributed by atoms with Crippen LogP contribution in [0.15, 0.2) is 41.8 Å². The number of benzene rings is 1. The Morgan fingerprint density at radius 1 is 1.14 bits per heavy atom. The van der Waals surface area contributed by atoms with Gasteiger partial charge in [0, 0.05) is 25.5 Å². The Morgan fingerprint density at radius 3 is 2.69 bits per heavy atom. The van der Waals surface area contributed by atoms with E-state index in [4.69, 9.17) is 0 Å². The summed E-state index contributed by atoms with van der Waals surface area (Å²) >= 11 is 1.71. The van der Waals surface area contributed by atoms with Gasteiger partial charge >= 0.3 is 6.18 Å². The molecular formula is C25H29F3N6S. The molecule has 6 nitrogen and oxygen atoms in total. The van der Waals surface area contributed by atoms with Crippen LogP contribution in [0.2, 0.25) is 0 Å². The monoisotopic (exact) mass is 502 g/mol. The van der Waals surface area contributed by atoms with E-state index in [1.807, 2.05) is 18.5 Å². The fourth-order valence-corrected chi connectivity index (χ4v) is 6.03. The molecule has 3 heterocycles. The van der Waals surface area contributed by atoms with Crippen LogP contribution in [0, 0.1) is 18.3 Å². The highest BCUT2D eigenvalue weighted by atomic mass is 32.2. The Bertz CT molecular complexity index is 1180. The van der Waals surface area contributed by atoms with Crippen LogP contribution in [-0.4, -0.2) is 55.0 Å². The molecule has 2 fully saturated rings. The molecule has 2 unspecified atom stereocenters. The Kier molecular flexibility index (Phi) is 6.61. The normalized spacial score (nSPS) is 22.3. The highest BCUT2D eigenvalue weighted by Gasteiger charge is 2.56. The third-order valence-corrected chi connectivity index (χ3v) is 8.36. The third kappa shape index (κ3) is 5.38. The maximum atomic E-state index is 12.8. The van der Waals surface area contributed by atoms with E-state index in [1.165, 1.54) is 25.0 Å². The Hall–Kier alpha value is -2.46. The molecule has 1 aliphatic carbocycles. The van der Waals surface area contributed by atoms with Crippen LogP contribution >= 0.6 is 11.8 Å². The number of aryl methyl sites for hydroxylation is 1. The number of thioether (sulfide) groups is 1. The van der Waals surface area contributed by atoms with Crippen LogP contribution in [0.25, 0.3) is 11.5 Å².